The van der Waals surface area contributed by atoms with Gasteiger partial charge in [-0.25, -0.2) is 0 Å². The van der Waals surface area contributed by atoms with Crippen molar-refractivity contribution in [2.24, 2.45) is 5.92 Å². The number of carbonyl (C=O) groups is 3. The molecule has 0 amide bonds. The Hall–Kier alpha value is -1.75. The number of carboxylic acids is 3. The van der Waals surface area contributed by atoms with Crippen molar-refractivity contribution in [2.75, 3.05) is 65.4 Å². The minimum Gasteiger partial charge on any atom is -0.480 e. The zero-order valence-corrected chi connectivity index (χ0v) is 18.7. The monoisotopic (exact) mass is 430 g/mol. The molecule has 0 aromatic carbocycles. The lowest BCUT2D eigenvalue weighted by atomic mass is 10.0. The second-order valence-electron chi connectivity index (χ2n) is 8.60. The largest absolute Gasteiger partial charge is 0.480 e. The third-order valence-corrected chi connectivity index (χ3v) is 5.58. The number of rotatable bonds is 8. The zero-order chi connectivity index (χ0) is 22.8. The van der Waals surface area contributed by atoms with Gasteiger partial charge in [-0.2, -0.15) is 0 Å². The molecule has 1 saturated heterocycles. The molecule has 0 aromatic heterocycles. The topological polar surface area (TPSA) is 125 Å². The van der Waals surface area contributed by atoms with Crippen LogP contribution in [0.25, 0.3) is 0 Å². The fourth-order valence-corrected chi connectivity index (χ4v) is 3.87. The fourth-order valence-electron chi connectivity index (χ4n) is 3.87. The highest BCUT2D eigenvalue weighted by Crippen LogP contribution is 2.14. The Morgan fingerprint density at radius 2 is 1.20 bits per heavy atom. The Bertz CT molecular complexity index is 571. The van der Waals surface area contributed by atoms with Gasteiger partial charge in [0.2, 0.25) is 0 Å². The minimum absolute atomic E-state index is 0.0929. The van der Waals surface area contributed by atoms with Gasteiger partial charge in [0, 0.05) is 57.9 Å². The summed E-state index contributed by atoms with van der Waals surface area (Å²) in [6.45, 7) is 11.5. The Kier molecular flexibility index (Phi) is 11.2. The molecule has 3 N–H and O–H groups in total. The number of hydrogen-bond donors (Lipinski definition) is 3. The second kappa shape index (κ2) is 12.8. The first-order valence-electron chi connectivity index (χ1n) is 10.6. The van der Waals surface area contributed by atoms with Gasteiger partial charge in [0.05, 0.1) is 19.6 Å². The van der Waals surface area contributed by atoms with Gasteiger partial charge in [-0.1, -0.05) is 13.8 Å². The summed E-state index contributed by atoms with van der Waals surface area (Å²) in [5.74, 6) is -2.65. The van der Waals surface area contributed by atoms with Crippen LogP contribution in [0.5, 0.6) is 0 Å². The van der Waals surface area contributed by atoms with E-state index < -0.39 is 17.9 Å². The molecule has 0 aliphatic carbocycles. The lowest BCUT2D eigenvalue weighted by Gasteiger charge is -2.40. The SMILES string of the molecule is CC(C)C1CN(CC(=O)O)CCN(C(C)C)CCN(CC(=O)O)CCN1CC(=O)O. The molecule has 0 radical (unpaired) electrons. The van der Waals surface area contributed by atoms with Gasteiger partial charge in [0.1, 0.15) is 0 Å². The molecule has 10 heteroatoms. The van der Waals surface area contributed by atoms with Crippen LogP contribution in [0.15, 0.2) is 0 Å². The quantitative estimate of drug-likeness (QED) is 0.480. The first-order valence-corrected chi connectivity index (χ1v) is 10.6. The Morgan fingerprint density at radius 1 is 0.733 bits per heavy atom. The first kappa shape index (κ1) is 26.3. The van der Waals surface area contributed by atoms with E-state index in [4.69, 9.17) is 0 Å². The summed E-state index contributed by atoms with van der Waals surface area (Å²) in [7, 11) is 0. The minimum atomic E-state index is -0.951. The summed E-state index contributed by atoms with van der Waals surface area (Å²) < 4.78 is 0. The molecule has 10 nitrogen and oxygen atoms in total. The van der Waals surface area contributed by atoms with Crippen LogP contribution in [0.2, 0.25) is 0 Å². The molecule has 1 heterocycles. The van der Waals surface area contributed by atoms with Crippen molar-refractivity contribution >= 4 is 17.9 Å². The van der Waals surface area contributed by atoms with Crippen LogP contribution in [0.4, 0.5) is 0 Å². The van der Waals surface area contributed by atoms with Gasteiger partial charge in [0.25, 0.3) is 0 Å². The molecule has 1 unspecified atom stereocenters. The maximum Gasteiger partial charge on any atom is 0.317 e. The number of hydrogen-bond acceptors (Lipinski definition) is 7. The molecule has 0 saturated carbocycles. The van der Waals surface area contributed by atoms with Crippen molar-refractivity contribution < 1.29 is 29.7 Å². The standard InChI is InChI=1S/C20H38N4O6/c1-15(2)17-11-22(13-19(27)28)7-9-23(16(3)4)8-5-21(12-18(25)26)6-10-24(17)14-20(29)30/h15-17H,5-14H2,1-4H3,(H,25,26)(H,27,28)(H,29,30). The van der Waals surface area contributed by atoms with E-state index in [0.29, 0.717) is 45.8 Å². The van der Waals surface area contributed by atoms with Gasteiger partial charge in [-0.3, -0.25) is 34.0 Å². The highest BCUT2D eigenvalue weighted by Gasteiger charge is 2.28. The molecule has 1 atom stereocenters. The highest BCUT2D eigenvalue weighted by atomic mass is 16.4. The lowest BCUT2D eigenvalue weighted by molar-refractivity contribution is -0.141. The van der Waals surface area contributed by atoms with E-state index >= 15 is 0 Å². The second-order valence-corrected chi connectivity index (χ2v) is 8.60. The first-order chi connectivity index (χ1) is 14.0. The van der Waals surface area contributed by atoms with Gasteiger partial charge in [0.15, 0.2) is 0 Å². The van der Waals surface area contributed by atoms with Crippen molar-refractivity contribution in [3.8, 4) is 0 Å². The molecule has 1 fully saturated rings. The van der Waals surface area contributed by atoms with Crippen LogP contribution in [-0.2, 0) is 14.4 Å². The van der Waals surface area contributed by atoms with E-state index in [9.17, 15) is 29.7 Å². The van der Waals surface area contributed by atoms with E-state index in [1.165, 1.54) is 0 Å². The molecule has 30 heavy (non-hydrogen) atoms. The Labute approximate surface area is 179 Å². The fraction of sp³-hybridized carbons (Fsp3) is 0.850. The highest BCUT2D eigenvalue weighted by molar-refractivity contribution is 5.70. The van der Waals surface area contributed by atoms with E-state index in [0.717, 1.165) is 0 Å². The van der Waals surface area contributed by atoms with Gasteiger partial charge in [-0.15, -0.1) is 0 Å². The zero-order valence-electron chi connectivity index (χ0n) is 18.7. The van der Waals surface area contributed by atoms with Crippen molar-refractivity contribution in [3.05, 3.63) is 0 Å². The molecule has 0 aromatic rings. The number of carboxylic acid groups (broad SMARTS) is 3. The lowest BCUT2D eigenvalue weighted by Crippen LogP contribution is -2.54. The Morgan fingerprint density at radius 3 is 1.67 bits per heavy atom. The van der Waals surface area contributed by atoms with Crippen LogP contribution in [0, 0.1) is 5.92 Å². The van der Waals surface area contributed by atoms with Crippen molar-refractivity contribution in [2.45, 2.75) is 39.8 Å². The summed E-state index contributed by atoms with van der Waals surface area (Å²) in [6, 6.07) is 0.0924. The summed E-state index contributed by atoms with van der Waals surface area (Å²) >= 11 is 0. The van der Waals surface area contributed by atoms with E-state index in [-0.39, 0.29) is 37.6 Å². The van der Waals surface area contributed by atoms with Crippen LogP contribution in [0.1, 0.15) is 27.7 Å². The average molecular weight is 431 g/mol. The predicted molar refractivity (Wildman–Crippen MR) is 113 cm³/mol. The number of aliphatic carboxylic acids is 3. The molecular weight excluding hydrogens is 392 g/mol. The van der Waals surface area contributed by atoms with Crippen molar-refractivity contribution in [1.82, 2.24) is 19.6 Å². The maximum absolute atomic E-state index is 11.5. The normalized spacial score (nSPS) is 22.0. The molecule has 174 valence electrons. The summed E-state index contributed by atoms with van der Waals surface area (Å²) in [6.07, 6.45) is 0. The van der Waals surface area contributed by atoms with Crippen molar-refractivity contribution in [3.63, 3.8) is 0 Å². The van der Waals surface area contributed by atoms with Gasteiger partial charge >= 0.3 is 17.9 Å². The molecule has 0 bridgehead atoms. The molecule has 1 aliphatic rings. The van der Waals surface area contributed by atoms with E-state index in [1.54, 1.807) is 0 Å². The number of nitrogens with zero attached hydrogens (tertiary/aromatic N) is 4. The maximum atomic E-state index is 11.5. The molecule has 1 rings (SSSR count). The van der Waals surface area contributed by atoms with Crippen LogP contribution >= 0.6 is 0 Å². The van der Waals surface area contributed by atoms with Gasteiger partial charge in [-0.05, 0) is 19.8 Å². The smallest absolute Gasteiger partial charge is 0.317 e. The van der Waals surface area contributed by atoms with Crippen LogP contribution in [-0.4, -0.2) is 130 Å². The predicted octanol–water partition coefficient (Wildman–Crippen LogP) is -0.105. The van der Waals surface area contributed by atoms with Crippen LogP contribution in [0.3, 0.4) is 0 Å². The third-order valence-electron chi connectivity index (χ3n) is 5.58. The van der Waals surface area contributed by atoms with E-state index in [2.05, 4.69) is 18.7 Å². The average Bonchev–Trinajstić information content (AvgIpc) is 2.59. The Balaban J connectivity index is 3.16. The van der Waals surface area contributed by atoms with Gasteiger partial charge < -0.3 is 15.3 Å². The van der Waals surface area contributed by atoms with Crippen LogP contribution < -0.4 is 0 Å². The summed E-state index contributed by atoms with van der Waals surface area (Å²) in [4.78, 5) is 42.0. The molecule has 0 spiro atoms. The van der Waals surface area contributed by atoms with Crippen molar-refractivity contribution in [1.29, 1.82) is 0 Å². The van der Waals surface area contributed by atoms with E-state index in [1.807, 2.05) is 28.5 Å². The summed E-state index contributed by atoms with van der Waals surface area (Å²) in [5, 5.41) is 28.0. The summed E-state index contributed by atoms with van der Waals surface area (Å²) in [5.41, 5.74) is 0. The third kappa shape index (κ3) is 9.84. The molecule has 1 aliphatic heterocycles. The molecular formula is C20H38N4O6.